The first-order valence-corrected chi connectivity index (χ1v) is 9.05. The molecule has 0 bridgehead atoms. The van der Waals surface area contributed by atoms with Gasteiger partial charge in [-0.25, -0.2) is 0 Å². The number of hydrogen-bond acceptors (Lipinski definition) is 4. The molecule has 1 aromatic carbocycles. The van der Waals surface area contributed by atoms with Crippen LogP contribution in [0.5, 0.6) is 11.5 Å². The average Bonchev–Trinajstić information content (AvgIpc) is 3.06. The topological polar surface area (TPSA) is 51.9 Å². The summed E-state index contributed by atoms with van der Waals surface area (Å²) in [5, 5.41) is 0. The summed E-state index contributed by atoms with van der Waals surface area (Å²) < 4.78 is 16.8. The molecule has 5 nitrogen and oxygen atoms in total. The molecule has 2 fully saturated rings. The molecular formula is C20H21NO4. The van der Waals surface area contributed by atoms with E-state index < -0.39 is 0 Å². The van der Waals surface area contributed by atoms with E-state index >= 15 is 0 Å². The van der Waals surface area contributed by atoms with Gasteiger partial charge >= 0.3 is 0 Å². The molecule has 2 aromatic rings. The van der Waals surface area contributed by atoms with Crippen LogP contribution in [0.3, 0.4) is 0 Å². The van der Waals surface area contributed by atoms with Crippen molar-refractivity contribution < 1.29 is 18.7 Å². The predicted molar refractivity (Wildman–Crippen MR) is 90.7 cm³/mol. The predicted octanol–water partition coefficient (Wildman–Crippen LogP) is 3.52. The molecule has 25 heavy (non-hydrogen) atoms. The maximum Gasteiger partial charge on any atom is 0.226 e. The number of nitrogens with zero attached hydrogens (tertiary/aromatic N) is 1. The fourth-order valence-corrected chi connectivity index (χ4v) is 4.14. The molecule has 0 unspecified atom stereocenters. The molecular weight excluding hydrogens is 318 g/mol. The van der Waals surface area contributed by atoms with Gasteiger partial charge in [-0.05, 0) is 49.1 Å². The van der Waals surface area contributed by atoms with Crippen molar-refractivity contribution in [1.82, 2.24) is 4.90 Å². The largest absolute Gasteiger partial charge is 0.486 e. The van der Waals surface area contributed by atoms with Crippen LogP contribution in [0.4, 0.5) is 0 Å². The quantitative estimate of drug-likeness (QED) is 0.858. The van der Waals surface area contributed by atoms with E-state index in [1.165, 1.54) is 0 Å². The van der Waals surface area contributed by atoms with E-state index in [9.17, 15) is 4.79 Å². The van der Waals surface area contributed by atoms with E-state index in [0.717, 1.165) is 48.6 Å². The second kappa shape index (κ2) is 5.83. The van der Waals surface area contributed by atoms with Crippen molar-refractivity contribution in [2.24, 2.45) is 5.92 Å². The fourth-order valence-electron chi connectivity index (χ4n) is 4.14. The Hall–Kier alpha value is -2.43. The van der Waals surface area contributed by atoms with Crippen LogP contribution in [-0.4, -0.2) is 30.6 Å². The lowest BCUT2D eigenvalue weighted by atomic mass is 10.0. The summed E-state index contributed by atoms with van der Waals surface area (Å²) in [5.41, 5.74) is 1.14. The molecule has 1 saturated heterocycles. The van der Waals surface area contributed by atoms with E-state index in [1.54, 1.807) is 6.26 Å². The highest BCUT2D eigenvalue weighted by Crippen LogP contribution is 2.50. The number of furan rings is 1. The third-order valence-electron chi connectivity index (χ3n) is 5.50. The zero-order valence-corrected chi connectivity index (χ0v) is 14.0. The lowest BCUT2D eigenvalue weighted by Crippen LogP contribution is -2.32. The van der Waals surface area contributed by atoms with Crippen LogP contribution < -0.4 is 9.47 Å². The monoisotopic (exact) mass is 339 g/mol. The van der Waals surface area contributed by atoms with Crippen LogP contribution in [0.15, 0.2) is 41.0 Å². The number of ether oxygens (including phenoxy) is 2. The molecule has 3 heterocycles. The standard InChI is InChI=1S/C20H21NO4/c22-20(15-12-14(15)17-4-2-8-23-17)21-7-1-3-16(21)13-5-6-18-19(11-13)25-10-9-24-18/h2,4-6,8,11,14-16H,1,3,7,9-10,12H2/t14-,15+,16+/m0/s1. The van der Waals surface area contributed by atoms with Crippen LogP contribution in [-0.2, 0) is 4.79 Å². The van der Waals surface area contributed by atoms with Crippen molar-refractivity contribution in [3.63, 3.8) is 0 Å². The Kier molecular flexibility index (Phi) is 3.47. The normalized spacial score (nSPS) is 27.4. The molecule has 0 N–H and O–H groups in total. The number of fused-ring (bicyclic) bond motifs is 1. The Bertz CT molecular complexity index is 785. The van der Waals surface area contributed by atoms with Gasteiger partial charge in [-0.1, -0.05) is 6.07 Å². The summed E-state index contributed by atoms with van der Waals surface area (Å²) in [4.78, 5) is 15.1. The van der Waals surface area contributed by atoms with E-state index in [-0.39, 0.29) is 23.8 Å². The van der Waals surface area contributed by atoms with Crippen molar-refractivity contribution >= 4 is 5.91 Å². The van der Waals surface area contributed by atoms with Gasteiger partial charge in [0.1, 0.15) is 19.0 Å². The Morgan fingerprint density at radius 2 is 2.00 bits per heavy atom. The number of carbonyl (C=O) groups is 1. The van der Waals surface area contributed by atoms with Crippen molar-refractivity contribution in [3.05, 3.63) is 47.9 Å². The summed E-state index contributed by atoms with van der Waals surface area (Å²) in [6, 6.07) is 10.1. The molecule has 3 aliphatic rings. The highest BCUT2D eigenvalue weighted by atomic mass is 16.6. The van der Waals surface area contributed by atoms with Crippen LogP contribution in [0, 0.1) is 5.92 Å². The number of likely N-dealkylation sites (tertiary alicyclic amines) is 1. The number of amides is 1. The Morgan fingerprint density at radius 3 is 2.84 bits per heavy atom. The van der Waals surface area contributed by atoms with Gasteiger partial charge < -0.3 is 18.8 Å². The fraction of sp³-hybridized carbons (Fsp3) is 0.450. The minimum absolute atomic E-state index is 0.0731. The third kappa shape index (κ3) is 2.58. The molecule has 5 rings (SSSR count). The molecule has 1 saturated carbocycles. The second-order valence-electron chi connectivity index (χ2n) is 7.06. The van der Waals surface area contributed by atoms with E-state index in [2.05, 4.69) is 11.0 Å². The summed E-state index contributed by atoms with van der Waals surface area (Å²) in [5.74, 6) is 3.12. The first-order valence-electron chi connectivity index (χ1n) is 9.05. The SMILES string of the molecule is O=C([C@@H]1C[C@@H]1c1ccco1)N1CCC[C@@H]1c1ccc2c(c1)OCCO2. The van der Waals surface area contributed by atoms with Gasteiger partial charge in [-0.15, -0.1) is 0 Å². The summed E-state index contributed by atoms with van der Waals surface area (Å²) >= 11 is 0. The lowest BCUT2D eigenvalue weighted by molar-refractivity contribution is -0.133. The van der Waals surface area contributed by atoms with Crippen LogP contribution in [0.25, 0.3) is 0 Å². The van der Waals surface area contributed by atoms with Crippen molar-refractivity contribution in [2.45, 2.75) is 31.2 Å². The number of rotatable bonds is 3. The maximum atomic E-state index is 13.0. The molecule has 1 amide bonds. The average molecular weight is 339 g/mol. The van der Waals surface area contributed by atoms with E-state index in [1.807, 2.05) is 24.3 Å². The summed E-state index contributed by atoms with van der Waals surface area (Å²) in [6.07, 6.45) is 4.63. The van der Waals surface area contributed by atoms with Crippen molar-refractivity contribution in [1.29, 1.82) is 0 Å². The third-order valence-corrected chi connectivity index (χ3v) is 5.50. The number of carbonyl (C=O) groups excluding carboxylic acids is 1. The molecule has 0 radical (unpaired) electrons. The van der Waals surface area contributed by atoms with E-state index in [0.29, 0.717) is 13.2 Å². The minimum Gasteiger partial charge on any atom is -0.486 e. The molecule has 3 atom stereocenters. The molecule has 2 aliphatic heterocycles. The smallest absolute Gasteiger partial charge is 0.226 e. The molecule has 1 aromatic heterocycles. The first kappa shape index (κ1) is 14.9. The summed E-state index contributed by atoms with van der Waals surface area (Å²) in [7, 11) is 0. The lowest BCUT2D eigenvalue weighted by Gasteiger charge is -2.27. The van der Waals surface area contributed by atoms with Gasteiger partial charge in [0.15, 0.2) is 11.5 Å². The van der Waals surface area contributed by atoms with Crippen molar-refractivity contribution in [2.75, 3.05) is 19.8 Å². The molecule has 5 heteroatoms. The highest BCUT2D eigenvalue weighted by molar-refractivity contribution is 5.83. The molecule has 1 aliphatic carbocycles. The van der Waals surface area contributed by atoms with Gasteiger partial charge in [0.05, 0.1) is 12.3 Å². The Morgan fingerprint density at radius 1 is 1.12 bits per heavy atom. The van der Waals surface area contributed by atoms with E-state index in [4.69, 9.17) is 13.9 Å². The van der Waals surface area contributed by atoms with Gasteiger partial charge in [-0.3, -0.25) is 4.79 Å². The van der Waals surface area contributed by atoms with Crippen LogP contribution in [0.2, 0.25) is 0 Å². The van der Waals surface area contributed by atoms with Crippen LogP contribution in [0.1, 0.15) is 42.5 Å². The van der Waals surface area contributed by atoms with Crippen LogP contribution >= 0.6 is 0 Å². The van der Waals surface area contributed by atoms with Gasteiger partial charge in [0.25, 0.3) is 0 Å². The van der Waals surface area contributed by atoms with Gasteiger partial charge in [0.2, 0.25) is 5.91 Å². The van der Waals surface area contributed by atoms with Crippen molar-refractivity contribution in [3.8, 4) is 11.5 Å². The Labute approximate surface area is 146 Å². The second-order valence-corrected chi connectivity index (χ2v) is 7.06. The van der Waals surface area contributed by atoms with Gasteiger partial charge in [0, 0.05) is 18.4 Å². The van der Waals surface area contributed by atoms with Gasteiger partial charge in [-0.2, -0.15) is 0 Å². The minimum atomic E-state index is 0.0731. The zero-order valence-electron chi connectivity index (χ0n) is 14.0. The Balaban J connectivity index is 1.35. The highest BCUT2D eigenvalue weighted by Gasteiger charge is 2.49. The summed E-state index contributed by atoms with van der Waals surface area (Å²) in [6.45, 7) is 2.01. The molecule has 0 spiro atoms. The first-order chi connectivity index (χ1) is 12.3. The zero-order chi connectivity index (χ0) is 16.8. The maximum absolute atomic E-state index is 13.0. The number of benzene rings is 1. The molecule has 130 valence electrons. The number of hydrogen-bond donors (Lipinski definition) is 0.